The summed E-state index contributed by atoms with van der Waals surface area (Å²) < 4.78 is 0. The molecule has 0 spiro atoms. The molecule has 1 aromatic carbocycles. The average molecular weight is 275 g/mol. The van der Waals surface area contributed by atoms with Gasteiger partial charge >= 0.3 is 6.03 Å². The first-order chi connectivity index (χ1) is 9.72. The van der Waals surface area contributed by atoms with Crippen molar-refractivity contribution in [3.8, 4) is 0 Å². The van der Waals surface area contributed by atoms with Gasteiger partial charge in [-0.15, -0.1) is 0 Å². The zero-order valence-corrected chi connectivity index (χ0v) is 12.2. The molecule has 2 unspecified atom stereocenters. The minimum atomic E-state index is -0.101. The summed E-state index contributed by atoms with van der Waals surface area (Å²) in [5.41, 5.74) is 7.43. The van der Waals surface area contributed by atoms with Crippen molar-refractivity contribution >= 4 is 11.7 Å². The molecule has 0 aliphatic heterocycles. The van der Waals surface area contributed by atoms with E-state index in [4.69, 9.17) is 5.73 Å². The third kappa shape index (κ3) is 3.97. The molecule has 1 aromatic rings. The number of anilines is 1. The molecular formula is C16H25N3O. The normalized spacial score (nSPS) is 22.3. The van der Waals surface area contributed by atoms with Crippen molar-refractivity contribution < 1.29 is 4.79 Å². The summed E-state index contributed by atoms with van der Waals surface area (Å²) in [6.45, 7) is 2.72. The van der Waals surface area contributed by atoms with Gasteiger partial charge in [-0.25, -0.2) is 4.79 Å². The molecule has 4 nitrogen and oxygen atoms in total. The number of carbonyl (C=O) groups excluding carboxylic acids is 1. The molecule has 0 aromatic heterocycles. The number of carbonyl (C=O) groups is 1. The van der Waals surface area contributed by atoms with E-state index in [1.165, 1.54) is 19.3 Å². The average Bonchev–Trinajstić information content (AvgIpc) is 2.48. The quantitative estimate of drug-likeness (QED) is 0.789. The zero-order chi connectivity index (χ0) is 14.4. The molecule has 1 fully saturated rings. The second kappa shape index (κ2) is 7.29. The summed E-state index contributed by atoms with van der Waals surface area (Å²) in [5.74, 6) is 0.620. The molecule has 0 saturated heterocycles. The Bertz CT molecular complexity index is 430. The molecule has 0 radical (unpaired) electrons. The van der Waals surface area contributed by atoms with Gasteiger partial charge in [0, 0.05) is 18.3 Å². The fourth-order valence-corrected chi connectivity index (χ4v) is 2.95. The second-order valence-corrected chi connectivity index (χ2v) is 5.56. The molecule has 0 bridgehead atoms. The van der Waals surface area contributed by atoms with Gasteiger partial charge in [-0.1, -0.05) is 38.3 Å². The molecule has 1 aliphatic rings. The van der Waals surface area contributed by atoms with Crippen molar-refractivity contribution in [1.82, 2.24) is 5.32 Å². The summed E-state index contributed by atoms with van der Waals surface area (Å²) in [6.07, 6.45) is 5.96. The number of amides is 2. The maximum absolute atomic E-state index is 12.0. The van der Waals surface area contributed by atoms with Crippen molar-refractivity contribution in [2.45, 2.75) is 51.6 Å². The fraction of sp³-hybridized carbons (Fsp3) is 0.562. The molecule has 110 valence electrons. The first-order valence-corrected chi connectivity index (χ1v) is 7.59. The Hall–Kier alpha value is -1.55. The first-order valence-electron chi connectivity index (χ1n) is 7.59. The molecule has 0 heterocycles. The number of nitrogens with two attached hydrogens (primary N) is 1. The van der Waals surface area contributed by atoms with Gasteiger partial charge in [-0.3, -0.25) is 0 Å². The summed E-state index contributed by atoms with van der Waals surface area (Å²) in [5, 5.41) is 6.02. The Morgan fingerprint density at radius 2 is 1.95 bits per heavy atom. The monoisotopic (exact) mass is 275 g/mol. The smallest absolute Gasteiger partial charge is 0.319 e. The van der Waals surface area contributed by atoms with Crippen LogP contribution in [0.1, 0.15) is 44.6 Å². The third-order valence-electron chi connectivity index (χ3n) is 4.20. The van der Waals surface area contributed by atoms with E-state index in [9.17, 15) is 4.79 Å². The Morgan fingerprint density at radius 1 is 1.25 bits per heavy atom. The van der Waals surface area contributed by atoms with Crippen molar-refractivity contribution in [3.63, 3.8) is 0 Å². The lowest BCUT2D eigenvalue weighted by Crippen LogP contribution is -2.43. The van der Waals surface area contributed by atoms with Crippen LogP contribution in [0.3, 0.4) is 0 Å². The Labute approximate surface area is 121 Å². The van der Waals surface area contributed by atoms with E-state index in [1.54, 1.807) is 0 Å². The second-order valence-electron chi connectivity index (χ2n) is 5.56. The number of hydrogen-bond donors (Lipinski definition) is 3. The van der Waals surface area contributed by atoms with Gasteiger partial charge in [-0.05, 0) is 36.5 Å². The standard InChI is InChI=1S/C16H25N3O/c1-2-13-5-3-4-6-15(13)19-16(20)18-14-9-7-12(11-17)8-10-14/h7-10,13,15H,2-6,11,17H2,1H3,(H2,18,19,20). The minimum absolute atomic E-state index is 0.101. The highest BCUT2D eigenvalue weighted by Gasteiger charge is 2.24. The van der Waals surface area contributed by atoms with Crippen molar-refractivity contribution in [1.29, 1.82) is 0 Å². The van der Waals surface area contributed by atoms with Crippen molar-refractivity contribution in [2.75, 3.05) is 5.32 Å². The lowest BCUT2D eigenvalue weighted by molar-refractivity contribution is 0.226. The fourth-order valence-electron chi connectivity index (χ4n) is 2.95. The van der Waals surface area contributed by atoms with Gasteiger partial charge in [0.1, 0.15) is 0 Å². The van der Waals surface area contributed by atoms with Crippen LogP contribution in [0.4, 0.5) is 10.5 Å². The molecule has 4 heteroatoms. The maximum Gasteiger partial charge on any atom is 0.319 e. The predicted octanol–water partition coefficient (Wildman–Crippen LogP) is 3.24. The molecule has 2 atom stereocenters. The topological polar surface area (TPSA) is 67.2 Å². The lowest BCUT2D eigenvalue weighted by Gasteiger charge is -2.31. The summed E-state index contributed by atoms with van der Waals surface area (Å²) in [6, 6.07) is 7.86. The van der Waals surface area contributed by atoms with E-state index in [0.717, 1.165) is 24.1 Å². The SMILES string of the molecule is CCC1CCCCC1NC(=O)Nc1ccc(CN)cc1. The highest BCUT2D eigenvalue weighted by molar-refractivity contribution is 5.89. The van der Waals surface area contributed by atoms with Crippen LogP contribution in [0.2, 0.25) is 0 Å². The van der Waals surface area contributed by atoms with Crippen LogP contribution in [0.5, 0.6) is 0 Å². The van der Waals surface area contributed by atoms with Crippen LogP contribution in [0.25, 0.3) is 0 Å². The predicted molar refractivity (Wildman–Crippen MR) is 82.5 cm³/mol. The van der Waals surface area contributed by atoms with Crippen molar-refractivity contribution in [3.05, 3.63) is 29.8 Å². The molecule has 1 saturated carbocycles. The van der Waals surface area contributed by atoms with Crippen LogP contribution >= 0.6 is 0 Å². The van der Waals surface area contributed by atoms with Gasteiger partial charge in [0.25, 0.3) is 0 Å². The molecule has 2 amide bonds. The number of urea groups is 1. The van der Waals surface area contributed by atoms with Gasteiger partial charge < -0.3 is 16.4 Å². The largest absolute Gasteiger partial charge is 0.335 e. The number of rotatable bonds is 4. The van der Waals surface area contributed by atoms with Gasteiger partial charge in [0.2, 0.25) is 0 Å². The number of hydrogen-bond acceptors (Lipinski definition) is 2. The zero-order valence-electron chi connectivity index (χ0n) is 12.2. The highest BCUT2D eigenvalue weighted by Crippen LogP contribution is 2.26. The molecule has 20 heavy (non-hydrogen) atoms. The molecule has 1 aliphatic carbocycles. The van der Waals surface area contributed by atoms with E-state index in [2.05, 4.69) is 17.6 Å². The highest BCUT2D eigenvalue weighted by atomic mass is 16.2. The summed E-state index contributed by atoms with van der Waals surface area (Å²) >= 11 is 0. The van der Waals surface area contributed by atoms with E-state index < -0.39 is 0 Å². The third-order valence-corrected chi connectivity index (χ3v) is 4.20. The Kier molecular flexibility index (Phi) is 5.41. The number of benzene rings is 1. The molecule has 2 rings (SSSR count). The van der Waals surface area contributed by atoms with E-state index in [1.807, 2.05) is 24.3 Å². The summed E-state index contributed by atoms with van der Waals surface area (Å²) in [4.78, 5) is 12.0. The van der Waals surface area contributed by atoms with E-state index >= 15 is 0 Å². The van der Waals surface area contributed by atoms with E-state index in [-0.39, 0.29) is 6.03 Å². The van der Waals surface area contributed by atoms with Crippen LogP contribution in [-0.4, -0.2) is 12.1 Å². The molecular weight excluding hydrogens is 250 g/mol. The number of nitrogens with one attached hydrogen (secondary N) is 2. The summed E-state index contributed by atoms with van der Waals surface area (Å²) in [7, 11) is 0. The van der Waals surface area contributed by atoms with Crippen molar-refractivity contribution in [2.24, 2.45) is 11.7 Å². The molecule has 4 N–H and O–H groups in total. The first kappa shape index (κ1) is 14.9. The van der Waals surface area contributed by atoms with Gasteiger partial charge in [-0.2, -0.15) is 0 Å². The van der Waals surface area contributed by atoms with Gasteiger partial charge in [0.15, 0.2) is 0 Å². The van der Waals surface area contributed by atoms with E-state index in [0.29, 0.717) is 18.5 Å². The Morgan fingerprint density at radius 3 is 2.60 bits per heavy atom. The lowest BCUT2D eigenvalue weighted by atomic mass is 9.83. The Balaban J connectivity index is 1.87. The van der Waals surface area contributed by atoms with Crippen LogP contribution < -0.4 is 16.4 Å². The van der Waals surface area contributed by atoms with Crippen LogP contribution in [0.15, 0.2) is 24.3 Å². The maximum atomic E-state index is 12.0. The minimum Gasteiger partial charge on any atom is -0.335 e. The van der Waals surface area contributed by atoms with Gasteiger partial charge in [0.05, 0.1) is 0 Å². The van der Waals surface area contributed by atoms with Crippen LogP contribution in [-0.2, 0) is 6.54 Å². The van der Waals surface area contributed by atoms with Crippen LogP contribution in [0, 0.1) is 5.92 Å².